The summed E-state index contributed by atoms with van der Waals surface area (Å²) in [5, 5.41) is 18.3. The number of phenols is 1. The lowest BCUT2D eigenvalue weighted by atomic mass is 10.1. The van der Waals surface area contributed by atoms with Crippen LogP contribution in [0.15, 0.2) is 48.5 Å². The number of hydrogen-bond acceptors (Lipinski definition) is 6. The van der Waals surface area contributed by atoms with Gasteiger partial charge in [-0.25, -0.2) is 4.79 Å². The van der Waals surface area contributed by atoms with Crippen LogP contribution >= 0.6 is 0 Å². The topological polar surface area (TPSA) is 119 Å². The largest absolute Gasteiger partial charge is 0.504 e. The fourth-order valence-corrected chi connectivity index (χ4v) is 2.15. The van der Waals surface area contributed by atoms with Crippen molar-refractivity contribution in [3.63, 3.8) is 0 Å². The maximum Gasteiger partial charge on any atom is 0.336 e. The molecule has 0 radical (unpaired) electrons. The van der Waals surface area contributed by atoms with Crippen molar-refractivity contribution in [3.05, 3.63) is 59.7 Å². The quantitative estimate of drug-likeness (QED) is 0.394. The number of carboxylic acid groups (broad SMARTS) is 1. The molecule has 0 unspecified atom stereocenters. The molecule has 2 rings (SSSR count). The molecule has 2 aromatic rings. The summed E-state index contributed by atoms with van der Waals surface area (Å²) < 4.78 is 10.2. The Bertz CT molecular complexity index is 813. The number of carbonyl (C=O) groups excluding carboxylic acids is 1. The average molecular weight is 357 g/mol. The normalized spacial score (nSPS) is 11.9. The molecule has 0 fully saturated rings. The van der Waals surface area contributed by atoms with Crippen LogP contribution in [0.25, 0.3) is 6.08 Å². The number of methoxy groups -OCH3 is 1. The zero-order valence-corrected chi connectivity index (χ0v) is 14.1. The van der Waals surface area contributed by atoms with Crippen molar-refractivity contribution < 1.29 is 29.3 Å². The molecule has 0 aliphatic rings. The minimum Gasteiger partial charge on any atom is -0.504 e. The molecule has 0 bridgehead atoms. The molecule has 0 aliphatic heterocycles. The standard InChI is InChI=1S/C19H19NO6/c1-25-17-11-13(4-8-16(17)21)5-9-18(22)26-14-6-2-12(3-7-14)10-15(20)19(23)24/h2-9,11,15,21H,10,20H2,1H3,(H,23,24)/b9-5+/t15-/m0/s1. The Kier molecular flexibility index (Phi) is 6.35. The van der Waals surface area contributed by atoms with Crippen molar-refractivity contribution in [2.45, 2.75) is 12.5 Å². The highest BCUT2D eigenvalue weighted by Crippen LogP contribution is 2.26. The van der Waals surface area contributed by atoms with Gasteiger partial charge in [-0.15, -0.1) is 0 Å². The first kappa shape index (κ1) is 19.0. The van der Waals surface area contributed by atoms with Gasteiger partial charge < -0.3 is 25.4 Å². The zero-order chi connectivity index (χ0) is 19.1. The summed E-state index contributed by atoms with van der Waals surface area (Å²) in [6.45, 7) is 0. The predicted octanol–water partition coefficient (Wildman–Crippen LogP) is 1.97. The van der Waals surface area contributed by atoms with Crippen molar-refractivity contribution in [2.24, 2.45) is 5.73 Å². The molecule has 0 spiro atoms. The van der Waals surface area contributed by atoms with Gasteiger partial charge in [-0.1, -0.05) is 18.2 Å². The highest BCUT2D eigenvalue weighted by atomic mass is 16.5. The van der Waals surface area contributed by atoms with E-state index < -0.39 is 18.0 Å². The number of hydrogen-bond donors (Lipinski definition) is 3. The summed E-state index contributed by atoms with van der Waals surface area (Å²) in [5.74, 6) is -1.01. The third-order valence-corrected chi connectivity index (χ3v) is 3.53. The molecule has 0 saturated heterocycles. The second-order valence-electron chi connectivity index (χ2n) is 5.48. The smallest absolute Gasteiger partial charge is 0.336 e. The summed E-state index contributed by atoms with van der Waals surface area (Å²) in [5.41, 5.74) is 6.86. The molecule has 26 heavy (non-hydrogen) atoms. The molecule has 2 aromatic carbocycles. The van der Waals surface area contributed by atoms with Crippen molar-refractivity contribution in [2.75, 3.05) is 7.11 Å². The highest BCUT2D eigenvalue weighted by Gasteiger charge is 2.12. The van der Waals surface area contributed by atoms with Crippen molar-refractivity contribution >= 4 is 18.0 Å². The Morgan fingerprint density at radius 2 is 1.88 bits per heavy atom. The Morgan fingerprint density at radius 3 is 2.50 bits per heavy atom. The number of nitrogens with two attached hydrogens (primary N) is 1. The van der Waals surface area contributed by atoms with E-state index in [1.165, 1.54) is 25.3 Å². The van der Waals surface area contributed by atoms with Crippen LogP contribution in [0.3, 0.4) is 0 Å². The maximum absolute atomic E-state index is 11.9. The molecule has 7 nitrogen and oxygen atoms in total. The van der Waals surface area contributed by atoms with Crippen LogP contribution in [0.1, 0.15) is 11.1 Å². The van der Waals surface area contributed by atoms with Crippen LogP contribution in [0.4, 0.5) is 0 Å². The van der Waals surface area contributed by atoms with Crippen LogP contribution < -0.4 is 15.2 Å². The molecule has 136 valence electrons. The molecular formula is C19H19NO6. The summed E-state index contributed by atoms with van der Waals surface area (Å²) in [6.07, 6.45) is 2.97. The van der Waals surface area contributed by atoms with Crippen LogP contribution in [-0.4, -0.2) is 35.3 Å². The summed E-state index contributed by atoms with van der Waals surface area (Å²) in [6, 6.07) is 10.1. The van der Waals surface area contributed by atoms with E-state index in [4.69, 9.17) is 20.3 Å². The number of aromatic hydroxyl groups is 1. The fourth-order valence-electron chi connectivity index (χ4n) is 2.15. The van der Waals surface area contributed by atoms with E-state index in [9.17, 15) is 14.7 Å². The first-order valence-electron chi connectivity index (χ1n) is 7.73. The average Bonchev–Trinajstić information content (AvgIpc) is 2.62. The van der Waals surface area contributed by atoms with E-state index >= 15 is 0 Å². The van der Waals surface area contributed by atoms with E-state index in [0.29, 0.717) is 17.1 Å². The van der Waals surface area contributed by atoms with E-state index in [-0.39, 0.29) is 12.2 Å². The first-order valence-corrected chi connectivity index (χ1v) is 7.73. The van der Waals surface area contributed by atoms with Gasteiger partial charge in [-0.3, -0.25) is 4.79 Å². The summed E-state index contributed by atoms with van der Waals surface area (Å²) >= 11 is 0. The molecule has 0 aliphatic carbocycles. The molecule has 4 N–H and O–H groups in total. The van der Waals surface area contributed by atoms with Gasteiger partial charge in [0.2, 0.25) is 0 Å². The number of ether oxygens (including phenoxy) is 2. The predicted molar refractivity (Wildman–Crippen MR) is 95.1 cm³/mol. The molecule has 0 amide bonds. The van der Waals surface area contributed by atoms with Crippen LogP contribution in [0.5, 0.6) is 17.2 Å². The third kappa shape index (κ3) is 5.35. The van der Waals surface area contributed by atoms with Gasteiger partial charge in [-0.05, 0) is 47.9 Å². The molecule has 1 atom stereocenters. The summed E-state index contributed by atoms with van der Waals surface area (Å²) in [7, 11) is 1.43. The molecular weight excluding hydrogens is 338 g/mol. The summed E-state index contributed by atoms with van der Waals surface area (Å²) in [4.78, 5) is 22.6. The minimum absolute atomic E-state index is 0.00920. The second-order valence-corrected chi connectivity index (χ2v) is 5.48. The number of carboxylic acids is 1. The number of rotatable bonds is 7. The van der Waals surface area contributed by atoms with Crippen molar-refractivity contribution in [3.8, 4) is 17.2 Å². The SMILES string of the molecule is COc1cc(/C=C/C(=O)Oc2ccc(C[C@H](N)C(=O)O)cc2)ccc1O. The fraction of sp³-hybridized carbons (Fsp3) is 0.158. The van der Waals surface area contributed by atoms with E-state index in [1.807, 2.05) is 0 Å². The lowest BCUT2D eigenvalue weighted by Gasteiger charge is -2.07. The van der Waals surface area contributed by atoms with Crippen LogP contribution in [-0.2, 0) is 16.0 Å². The number of aliphatic carboxylic acids is 1. The molecule has 0 saturated carbocycles. The van der Waals surface area contributed by atoms with Gasteiger partial charge in [-0.2, -0.15) is 0 Å². The molecule has 7 heteroatoms. The Labute approximate surface area is 150 Å². The van der Waals surface area contributed by atoms with E-state index in [0.717, 1.165) is 5.56 Å². The Morgan fingerprint density at radius 1 is 1.19 bits per heavy atom. The number of carbonyl (C=O) groups is 2. The van der Waals surface area contributed by atoms with Gasteiger partial charge in [0.15, 0.2) is 11.5 Å². The van der Waals surface area contributed by atoms with Gasteiger partial charge in [0, 0.05) is 6.08 Å². The van der Waals surface area contributed by atoms with E-state index in [1.54, 1.807) is 36.4 Å². The van der Waals surface area contributed by atoms with Crippen LogP contribution in [0.2, 0.25) is 0 Å². The molecule has 0 aromatic heterocycles. The van der Waals surface area contributed by atoms with Gasteiger partial charge in [0.05, 0.1) is 7.11 Å². The minimum atomic E-state index is -1.07. The number of benzene rings is 2. The van der Waals surface area contributed by atoms with Gasteiger partial charge in [0.25, 0.3) is 0 Å². The third-order valence-electron chi connectivity index (χ3n) is 3.53. The maximum atomic E-state index is 11.9. The Hall–Kier alpha value is -3.32. The van der Waals surface area contributed by atoms with Crippen molar-refractivity contribution in [1.29, 1.82) is 0 Å². The number of esters is 1. The molecule has 0 heterocycles. The van der Waals surface area contributed by atoms with E-state index in [2.05, 4.69) is 0 Å². The first-order chi connectivity index (χ1) is 12.4. The zero-order valence-electron chi connectivity index (χ0n) is 14.1. The van der Waals surface area contributed by atoms with Gasteiger partial charge in [0.1, 0.15) is 11.8 Å². The second kappa shape index (κ2) is 8.68. The Balaban J connectivity index is 1.96. The lowest BCUT2D eigenvalue weighted by Crippen LogP contribution is -2.32. The monoisotopic (exact) mass is 357 g/mol. The van der Waals surface area contributed by atoms with Gasteiger partial charge >= 0.3 is 11.9 Å². The highest BCUT2D eigenvalue weighted by molar-refractivity contribution is 5.88. The lowest BCUT2D eigenvalue weighted by molar-refractivity contribution is -0.138. The van der Waals surface area contributed by atoms with Crippen molar-refractivity contribution in [1.82, 2.24) is 0 Å². The van der Waals surface area contributed by atoms with Crippen LogP contribution in [0, 0.1) is 0 Å². The number of phenolic OH excluding ortho intramolecular Hbond substituents is 1.